The van der Waals surface area contributed by atoms with E-state index >= 15 is 0 Å². The molecule has 0 fully saturated rings. The Balaban J connectivity index is 2.44. The minimum Gasteiger partial charge on any atom is -0.490 e. The zero-order valence-electron chi connectivity index (χ0n) is 17.7. The Morgan fingerprint density at radius 1 is 0.966 bits per heavy atom. The molecule has 2 N–H and O–H groups in total. The Kier molecular flexibility index (Phi) is 8.32. The van der Waals surface area contributed by atoms with Crippen molar-refractivity contribution in [1.29, 1.82) is 5.26 Å². The summed E-state index contributed by atoms with van der Waals surface area (Å²) >= 11 is 0. The van der Waals surface area contributed by atoms with Gasteiger partial charge in [-0.3, -0.25) is 5.32 Å². The third kappa shape index (κ3) is 6.11. The van der Waals surface area contributed by atoms with Gasteiger partial charge in [-0.1, -0.05) is 30.3 Å². The molecule has 0 aromatic heterocycles. The maximum atomic E-state index is 9.86. The molecule has 2 atom stereocenters. The number of nitrogens with zero attached hydrogens (tertiary/aromatic N) is 1. The van der Waals surface area contributed by atoms with Crippen molar-refractivity contribution < 1.29 is 19.3 Å². The van der Waals surface area contributed by atoms with Gasteiger partial charge in [-0.25, -0.2) is 0 Å². The average molecular weight is 399 g/mol. The summed E-state index contributed by atoms with van der Waals surface area (Å²) in [4.78, 5) is 0. The third-order valence-electron chi connectivity index (χ3n) is 4.19. The van der Waals surface area contributed by atoms with Crippen molar-refractivity contribution >= 4 is 0 Å². The molecule has 6 heteroatoms. The highest BCUT2D eigenvalue weighted by Gasteiger charge is 2.23. The minimum absolute atomic E-state index is 0.0750. The Labute approximate surface area is 173 Å². The van der Waals surface area contributed by atoms with E-state index in [4.69, 9.17) is 14.2 Å². The monoisotopic (exact) mass is 398 g/mol. The Bertz CT molecular complexity index is 784. The Morgan fingerprint density at radius 3 is 1.93 bits per heavy atom. The van der Waals surface area contributed by atoms with Crippen LogP contribution in [-0.2, 0) is 0 Å². The van der Waals surface area contributed by atoms with Crippen molar-refractivity contribution in [1.82, 2.24) is 5.32 Å². The molecule has 0 amide bonds. The van der Waals surface area contributed by atoms with Crippen LogP contribution in [0.5, 0.6) is 17.2 Å². The van der Waals surface area contributed by atoms with Crippen LogP contribution in [0.25, 0.3) is 0 Å². The molecule has 0 radical (unpaired) electrons. The number of ether oxygens (including phenoxy) is 3. The molecule has 0 unspecified atom stereocenters. The first-order valence-electron chi connectivity index (χ1n) is 9.76. The Morgan fingerprint density at radius 2 is 1.52 bits per heavy atom. The molecule has 2 aromatic rings. The number of methoxy groups -OCH3 is 1. The quantitative estimate of drug-likeness (QED) is 0.625. The first-order chi connectivity index (χ1) is 13.9. The summed E-state index contributed by atoms with van der Waals surface area (Å²) in [6.45, 7) is 7.56. The van der Waals surface area contributed by atoms with E-state index in [0.717, 1.165) is 5.56 Å². The topological polar surface area (TPSA) is 83.7 Å². The molecule has 0 spiro atoms. The van der Waals surface area contributed by atoms with Crippen LogP contribution in [0.3, 0.4) is 0 Å². The molecule has 0 heterocycles. The van der Waals surface area contributed by atoms with Gasteiger partial charge < -0.3 is 19.3 Å². The fraction of sp³-hybridized carbons (Fsp3) is 0.435. The normalized spacial score (nSPS) is 13.1. The van der Waals surface area contributed by atoms with E-state index in [1.54, 1.807) is 19.2 Å². The van der Waals surface area contributed by atoms with E-state index in [-0.39, 0.29) is 24.9 Å². The molecular weight excluding hydrogens is 368 g/mol. The standard InChI is InChI=1S/C23H30N2O4/c1-15(2)28-21-11-18(12-22(23(21)27-5)29-16(3)4)19(13-24)25-20(14-26)17-9-7-6-8-10-17/h6-12,15-16,19-20,25-26H,14H2,1-5H3/t19-,20+/m0/s1. The van der Waals surface area contributed by atoms with Crippen LogP contribution in [0.15, 0.2) is 42.5 Å². The first-order valence-corrected chi connectivity index (χ1v) is 9.76. The first kappa shape index (κ1) is 22.5. The number of hydrogen-bond acceptors (Lipinski definition) is 6. The molecule has 156 valence electrons. The zero-order valence-corrected chi connectivity index (χ0v) is 17.7. The number of nitrogens with one attached hydrogen (secondary N) is 1. The summed E-state index contributed by atoms with van der Waals surface area (Å²) in [5.74, 6) is 1.52. The van der Waals surface area contributed by atoms with E-state index in [2.05, 4.69) is 11.4 Å². The van der Waals surface area contributed by atoms with Gasteiger partial charge in [0, 0.05) is 0 Å². The molecule has 6 nitrogen and oxygen atoms in total. The largest absolute Gasteiger partial charge is 0.490 e. The van der Waals surface area contributed by atoms with E-state index in [0.29, 0.717) is 22.8 Å². The fourth-order valence-electron chi connectivity index (χ4n) is 3.00. The summed E-state index contributed by atoms with van der Waals surface area (Å²) in [5, 5.41) is 22.9. The summed E-state index contributed by atoms with van der Waals surface area (Å²) in [6, 6.07) is 14.3. The smallest absolute Gasteiger partial charge is 0.203 e. The van der Waals surface area contributed by atoms with Crippen LogP contribution in [-0.4, -0.2) is 31.0 Å². The number of aliphatic hydroxyl groups excluding tert-OH is 1. The molecule has 0 saturated heterocycles. The summed E-state index contributed by atoms with van der Waals surface area (Å²) in [7, 11) is 1.56. The maximum Gasteiger partial charge on any atom is 0.203 e. The highest BCUT2D eigenvalue weighted by molar-refractivity contribution is 5.55. The van der Waals surface area contributed by atoms with Crippen molar-refractivity contribution in [3.63, 3.8) is 0 Å². The molecule has 2 rings (SSSR count). The SMILES string of the molecule is COc1c(OC(C)C)cc([C@H](C#N)N[C@H](CO)c2ccccc2)cc1OC(C)C. The second-order valence-corrected chi connectivity index (χ2v) is 7.26. The summed E-state index contributed by atoms with van der Waals surface area (Å²) < 4.78 is 17.4. The van der Waals surface area contributed by atoms with Gasteiger partial charge in [0.15, 0.2) is 11.5 Å². The van der Waals surface area contributed by atoms with E-state index in [1.807, 2.05) is 58.0 Å². The van der Waals surface area contributed by atoms with Crippen LogP contribution in [0, 0.1) is 11.3 Å². The summed E-state index contributed by atoms with van der Waals surface area (Å²) in [6.07, 6.45) is -0.150. The number of hydrogen-bond donors (Lipinski definition) is 2. The molecule has 0 aliphatic rings. The van der Waals surface area contributed by atoms with E-state index in [1.165, 1.54) is 0 Å². The predicted octanol–water partition coefficient (Wildman–Crippen LogP) is 4.16. The predicted molar refractivity (Wildman–Crippen MR) is 112 cm³/mol. The lowest BCUT2D eigenvalue weighted by Crippen LogP contribution is -2.28. The molecule has 0 aliphatic carbocycles. The fourth-order valence-corrected chi connectivity index (χ4v) is 3.00. The molecule has 29 heavy (non-hydrogen) atoms. The number of nitriles is 1. The van der Waals surface area contributed by atoms with Crippen molar-refractivity contribution in [3.8, 4) is 23.3 Å². The van der Waals surface area contributed by atoms with Crippen molar-refractivity contribution in [2.45, 2.75) is 52.0 Å². The second-order valence-electron chi connectivity index (χ2n) is 7.26. The number of rotatable bonds is 10. The molecule has 2 aromatic carbocycles. The maximum absolute atomic E-state index is 9.86. The molecule has 0 bridgehead atoms. The van der Waals surface area contributed by atoms with Crippen molar-refractivity contribution in [3.05, 3.63) is 53.6 Å². The van der Waals surface area contributed by atoms with E-state index in [9.17, 15) is 10.4 Å². The van der Waals surface area contributed by atoms with Gasteiger partial charge in [0.2, 0.25) is 5.75 Å². The molecule has 0 saturated carbocycles. The number of aliphatic hydroxyl groups is 1. The zero-order chi connectivity index (χ0) is 21.4. The number of benzene rings is 2. The van der Waals surface area contributed by atoms with Gasteiger partial charge in [-0.15, -0.1) is 0 Å². The van der Waals surface area contributed by atoms with Crippen LogP contribution < -0.4 is 19.5 Å². The van der Waals surface area contributed by atoms with Gasteiger partial charge in [0.1, 0.15) is 6.04 Å². The minimum atomic E-state index is -0.678. The van der Waals surface area contributed by atoms with Crippen LogP contribution >= 0.6 is 0 Å². The van der Waals surface area contributed by atoms with Crippen LogP contribution in [0.1, 0.15) is 50.9 Å². The lowest BCUT2D eigenvalue weighted by Gasteiger charge is -2.24. The van der Waals surface area contributed by atoms with E-state index < -0.39 is 6.04 Å². The van der Waals surface area contributed by atoms with Crippen LogP contribution in [0.2, 0.25) is 0 Å². The highest BCUT2D eigenvalue weighted by atomic mass is 16.5. The van der Waals surface area contributed by atoms with Gasteiger partial charge in [-0.05, 0) is 51.0 Å². The van der Waals surface area contributed by atoms with Crippen molar-refractivity contribution in [2.75, 3.05) is 13.7 Å². The molecule has 0 aliphatic heterocycles. The average Bonchev–Trinajstić information content (AvgIpc) is 2.68. The van der Waals surface area contributed by atoms with Crippen LogP contribution in [0.4, 0.5) is 0 Å². The highest BCUT2D eigenvalue weighted by Crippen LogP contribution is 2.41. The lowest BCUT2D eigenvalue weighted by molar-refractivity contribution is 0.208. The second kappa shape index (κ2) is 10.7. The van der Waals surface area contributed by atoms with Gasteiger partial charge in [-0.2, -0.15) is 5.26 Å². The summed E-state index contributed by atoms with van der Waals surface area (Å²) in [5.41, 5.74) is 1.58. The van der Waals surface area contributed by atoms with Gasteiger partial charge in [0.25, 0.3) is 0 Å². The van der Waals surface area contributed by atoms with Crippen molar-refractivity contribution in [2.24, 2.45) is 0 Å². The van der Waals surface area contributed by atoms with Gasteiger partial charge >= 0.3 is 0 Å². The van der Waals surface area contributed by atoms with Gasteiger partial charge in [0.05, 0.1) is 38.0 Å². The Hall–Kier alpha value is -2.75. The third-order valence-corrected chi connectivity index (χ3v) is 4.19. The molecular formula is C23H30N2O4. The lowest BCUT2D eigenvalue weighted by atomic mass is 10.0.